The van der Waals surface area contributed by atoms with E-state index in [1.54, 1.807) is 0 Å². The smallest absolute Gasteiger partial charge is 0.255 e. The van der Waals surface area contributed by atoms with Crippen LogP contribution in [0.25, 0.3) is 0 Å². The fourth-order valence-corrected chi connectivity index (χ4v) is 2.83. The number of rotatable bonds is 5. The van der Waals surface area contributed by atoms with E-state index >= 15 is 0 Å². The molecule has 1 amide bonds. The number of hydrogen-bond acceptors (Lipinski definition) is 1. The van der Waals surface area contributed by atoms with Gasteiger partial charge in [-0.3, -0.25) is 4.79 Å². The van der Waals surface area contributed by atoms with Crippen molar-refractivity contribution in [3.8, 4) is 0 Å². The molecule has 1 aromatic carbocycles. The molecule has 1 aromatic rings. The van der Waals surface area contributed by atoms with E-state index in [-0.39, 0.29) is 5.91 Å². The van der Waals surface area contributed by atoms with E-state index in [2.05, 4.69) is 45.7 Å². The van der Waals surface area contributed by atoms with Gasteiger partial charge in [-0.25, -0.2) is 0 Å². The number of nitrogens with zero attached hydrogens (tertiary/aromatic N) is 1. The molecular weight excluding hydrogens is 370 g/mol. The molecule has 19 heavy (non-hydrogen) atoms. The molecule has 0 bridgehead atoms. The second-order valence-corrected chi connectivity index (χ2v) is 7.31. The van der Waals surface area contributed by atoms with Crippen LogP contribution in [0.3, 0.4) is 0 Å². The molecule has 1 aliphatic rings. The highest BCUT2D eigenvalue weighted by Crippen LogP contribution is 2.31. The van der Waals surface area contributed by atoms with Crippen molar-refractivity contribution in [2.24, 2.45) is 5.92 Å². The van der Waals surface area contributed by atoms with Gasteiger partial charge in [0.05, 0.1) is 5.56 Å². The Labute approximate surface area is 131 Å². The summed E-state index contributed by atoms with van der Waals surface area (Å²) in [6.45, 7) is 5.26. The Kier molecular flexibility index (Phi) is 5.07. The molecule has 0 saturated heterocycles. The van der Waals surface area contributed by atoms with Gasteiger partial charge in [-0.05, 0) is 59.3 Å². The maximum Gasteiger partial charge on any atom is 0.255 e. The maximum atomic E-state index is 12.7. The first-order chi connectivity index (χ1) is 8.99. The summed E-state index contributed by atoms with van der Waals surface area (Å²) >= 11 is 6.92. The fourth-order valence-electron chi connectivity index (χ4n) is 2.05. The number of benzene rings is 1. The summed E-state index contributed by atoms with van der Waals surface area (Å²) in [6, 6.07) is 6.22. The molecule has 2 nitrogen and oxygen atoms in total. The van der Waals surface area contributed by atoms with E-state index in [4.69, 9.17) is 0 Å². The van der Waals surface area contributed by atoms with Crippen LogP contribution in [0.1, 0.15) is 43.5 Å². The maximum absolute atomic E-state index is 12.7. The number of hydrogen-bond donors (Lipinski definition) is 0. The summed E-state index contributed by atoms with van der Waals surface area (Å²) in [5, 5.41) is 0. The summed E-state index contributed by atoms with van der Waals surface area (Å²) in [7, 11) is 0. The average Bonchev–Trinajstić information content (AvgIpc) is 3.16. The number of halogens is 2. The minimum absolute atomic E-state index is 0.149. The van der Waals surface area contributed by atoms with E-state index in [1.807, 2.05) is 23.1 Å². The second kappa shape index (κ2) is 6.40. The number of amides is 1. The molecule has 0 unspecified atom stereocenters. The molecule has 104 valence electrons. The summed E-state index contributed by atoms with van der Waals surface area (Å²) in [5.74, 6) is 0.774. The molecule has 0 N–H and O–H groups in total. The lowest BCUT2D eigenvalue weighted by Gasteiger charge is -2.24. The Morgan fingerprint density at radius 2 is 2.05 bits per heavy atom. The fraction of sp³-hybridized carbons (Fsp3) is 0.533. The zero-order valence-electron chi connectivity index (χ0n) is 11.3. The molecule has 2 rings (SSSR count). The SMILES string of the molecule is CC(C)CCN(C(=O)c1cc(Br)ccc1Br)C1CC1. The third kappa shape index (κ3) is 4.06. The highest BCUT2D eigenvalue weighted by Gasteiger charge is 2.33. The molecule has 1 saturated carbocycles. The van der Waals surface area contributed by atoms with Crippen molar-refractivity contribution in [1.29, 1.82) is 0 Å². The summed E-state index contributed by atoms with van der Waals surface area (Å²) < 4.78 is 1.81. The monoisotopic (exact) mass is 387 g/mol. The molecule has 0 spiro atoms. The van der Waals surface area contributed by atoms with Gasteiger partial charge in [-0.1, -0.05) is 29.8 Å². The van der Waals surface area contributed by atoms with Crippen LogP contribution < -0.4 is 0 Å². The van der Waals surface area contributed by atoms with Crippen molar-refractivity contribution >= 4 is 37.8 Å². The third-order valence-electron chi connectivity index (χ3n) is 3.35. The van der Waals surface area contributed by atoms with Crippen LogP contribution in [0, 0.1) is 5.92 Å². The Balaban J connectivity index is 2.16. The minimum atomic E-state index is 0.149. The van der Waals surface area contributed by atoms with E-state index in [0.29, 0.717) is 12.0 Å². The van der Waals surface area contributed by atoms with E-state index in [0.717, 1.165) is 40.3 Å². The van der Waals surface area contributed by atoms with Gasteiger partial charge in [0.2, 0.25) is 0 Å². The highest BCUT2D eigenvalue weighted by molar-refractivity contribution is 9.11. The molecule has 4 heteroatoms. The molecule has 0 aromatic heterocycles. The first-order valence-corrected chi connectivity index (χ1v) is 8.33. The van der Waals surface area contributed by atoms with Crippen LogP contribution in [0.2, 0.25) is 0 Å². The lowest BCUT2D eigenvalue weighted by Crippen LogP contribution is -2.34. The summed E-state index contributed by atoms with van der Waals surface area (Å²) in [5.41, 5.74) is 0.755. The summed E-state index contributed by atoms with van der Waals surface area (Å²) in [6.07, 6.45) is 3.36. The largest absolute Gasteiger partial charge is 0.336 e. The Morgan fingerprint density at radius 1 is 1.37 bits per heavy atom. The van der Waals surface area contributed by atoms with Gasteiger partial charge in [0.15, 0.2) is 0 Å². The topological polar surface area (TPSA) is 20.3 Å². The molecule has 1 aliphatic carbocycles. The first kappa shape index (κ1) is 15.0. The van der Waals surface area contributed by atoms with Crippen LogP contribution in [0.5, 0.6) is 0 Å². The van der Waals surface area contributed by atoms with Crippen molar-refractivity contribution in [3.63, 3.8) is 0 Å². The van der Waals surface area contributed by atoms with E-state index in [9.17, 15) is 4.79 Å². The predicted octanol–water partition coefficient (Wildman–Crippen LogP) is 4.86. The van der Waals surface area contributed by atoms with Crippen LogP contribution in [0.4, 0.5) is 0 Å². The Morgan fingerprint density at radius 3 is 2.63 bits per heavy atom. The lowest BCUT2D eigenvalue weighted by molar-refractivity contribution is 0.0734. The Hall–Kier alpha value is -0.350. The van der Waals surface area contributed by atoms with E-state index < -0.39 is 0 Å². The van der Waals surface area contributed by atoms with Gasteiger partial charge in [-0.15, -0.1) is 0 Å². The number of carbonyl (C=O) groups is 1. The van der Waals surface area contributed by atoms with Gasteiger partial charge in [-0.2, -0.15) is 0 Å². The van der Waals surface area contributed by atoms with Crippen molar-refractivity contribution in [1.82, 2.24) is 4.90 Å². The van der Waals surface area contributed by atoms with Crippen LogP contribution in [-0.2, 0) is 0 Å². The number of carbonyl (C=O) groups excluding carboxylic acids is 1. The van der Waals surface area contributed by atoms with Crippen molar-refractivity contribution in [2.75, 3.05) is 6.54 Å². The quantitative estimate of drug-likeness (QED) is 0.705. The van der Waals surface area contributed by atoms with Gasteiger partial charge in [0.1, 0.15) is 0 Å². The van der Waals surface area contributed by atoms with Crippen molar-refractivity contribution in [3.05, 3.63) is 32.7 Å². The normalized spacial score (nSPS) is 14.8. The third-order valence-corrected chi connectivity index (χ3v) is 4.54. The van der Waals surface area contributed by atoms with Gasteiger partial charge >= 0.3 is 0 Å². The molecule has 1 fully saturated rings. The minimum Gasteiger partial charge on any atom is -0.336 e. The zero-order valence-corrected chi connectivity index (χ0v) is 14.5. The van der Waals surface area contributed by atoms with Crippen LogP contribution >= 0.6 is 31.9 Å². The van der Waals surface area contributed by atoms with Gasteiger partial charge < -0.3 is 4.90 Å². The summed E-state index contributed by atoms with van der Waals surface area (Å²) in [4.78, 5) is 14.7. The van der Waals surface area contributed by atoms with E-state index in [1.165, 1.54) is 0 Å². The molecule has 0 heterocycles. The highest BCUT2D eigenvalue weighted by atomic mass is 79.9. The van der Waals surface area contributed by atoms with Gasteiger partial charge in [0.25, 0.3) is 5.91 Å². The molecule has 0 atom stereocenters. The molecular formula is C15H19Br2NO. The first-order valence-electron chi connectivity index (χ1n) is 6.75. The van der Waals surface area contributed by atoms with Crippen LogP contribution in [0.15, 0.2) is 27.1 Å². The van der Waals surface area contributed by atoms with Crippen molar-refractivity contribution in [2.45, 2.75) is 39.2 Å². The average molecular weight is 389 g/mol. The van der Waals surface area contributed by atoms with Crippen molar-refractivity contribution < 1.29 is 4.79 Å². The van der Waals surface area contributed by atoms with Crippen LogP contribution in [-0.4, -0.2) is 23.4 Å². The standard InChI is InChI=1S/C15H19Br2NO/c1-10(2)7-8-18(12-4-5-12)15(19)13-9-11(16)3-6-14(13)17/h3,6,9-10,12H,4-5,7-8H2,1-2H3. The zero-order chi connectivity index (χ0) is 14.0. The molecule has 0 radical (unpaired) electrons. The second-order valence-electron chi connectivity index (χ2n) is 5.54. The molecule has 0 aliphatic heterocycles. The predicted molar refractivity (Wildman–Crippen MR) is 85.4 cm³/mol. The van der Waals surface area contributed by atoms with Gasteiger partial charge in [0, 0.05) is 21.5 Å². The Bertz CT molecular complexity index is 469. The lowest BCUT2D eigenvalue weighted by atomic mass is 10.1.